The van der Waals surface area contributed by atoms with E-state index in [1.165, 1.54) is 13.3 Å². The van der Waals surface area contributed by atoms with Crippen LogP contribution in [-0.2, 0) is 0 Å². The van der Waals surface area contributed by atoms with Crippen molar-refractivity contribution in [2.24, 2.45) is 0 Å². The topological polar surface area (TPSA) is 59.4 Å². The normalized spacial score (nSPS) is 9.77. The Morgan fingerprint density at radius 3 is 2.62 bits per heavy atom. The Hall–Kier alpha value is -1.00. The van der Waals surface area contributed by atoms with Gasteiger partial charge in [-0.15, -0.1) is 0 Å². The minimum Gasteiger partial charge on any atom is -0.494 e. The third kappa shape index (κ3) is 1.84. The van der Waals surface area contributed by atoms with Crippen molar-refractivity contribution in [3.05, 3.63) is 21.9 Å². The van der Waals surface area contributed by atoms with Crippen molar-refractivity contribution in [2.45, 2.75) is 0 Å². The summed E-state index contributed by atoms with van der Waals surface area (Å²) < 4.78 is 4.78. The van der Waals surface area contributed by atoms with Gasteiger partial charge < -0.3 is 9.84 Å². The molecule has 1 aromatic heterocycles. The van der Waals surface area contributed by atoms with Gasteiger partial charge in [-0.2, -0.15) is 0 Å². The van der Waals surface area contributed by atoms with Crippen LogP contribution in [0.15, 0.2) is 6.20 Å². The van der Waals surface area contributed by atoms with Crippen molar-refractivity contribution in [1.29, 1.82) is 0 Å². The Balaban J connectivity index is 3.43. The maximum absolute atomic E-state index is 10.7. The molecule has 0 fully saturated rings. The Bertz CT molecular complexity index is 354. The number of hydrogen-bond donors (Lipinski definition) is 1. The summed E-state index contributed by atoms with van der Waals surface area (Å²) in [5.41, 5.74) is -0.225. The lowest BCUT2D eigenvalue weighted by Crippen LogP contribution is -2.03. The molecule has 0 amide bonds. The van der Waals surface area contributed by atoms with Crippen molar-refractivity contribution < 1.29 is 14.6 Å². The fourth-order valence-electron chi connectivity index (χ4n) is 0.835. The number of carboxylic acid groups (broad SMARTS) is 1. The Morgan fingerprint density at radius 1 is 1.62 bits per heavy atom. The second-order valence-electron chi connectivity index (χ2n) is 2.11. The quantitative estimate of drug-likeness (QED) is 0.778. The average Bonchev–Trinajstić information content (AvgIpc) is 2.07. The van der Waals surface area contributed by atoms with Gasteiger partial charge in [0.15, 0.2) is 5.75 Å². The molecule has 0 saturated carbocycles. The van der Waals surface area contributed by atoms with Crippen LogP contribution in [0.3, 0.4) is 0 Å². The predicted octanol–water partition coefficient (Wildman–Crippen LogP) is 2.10. The van der Waals surface area contributed by atoms with E-state index in [1.807, 2.05) is 0 Å². The predicted molar refractivity (Wildman–Crippen MR) is 47.8 cm³/mol. The van der Waals surface area contributed by atoms with E-state index < -0.39 is 5.97 Å². The Morgan fingerprint density at radius 2 is 2.23 bits per heavy atom. The number of methoxy groups -OCH3 is 1. The van der Waals surface area contributed by atoms with Gasteiger partial charge in [-0.05, 0) is 0 Å². The van der Waals surface area contributed by atoms with E-state index in [4.69, 9.17) is 33.0 Å². The zero-order valence-corrected chi connectivity index (χ0v) is 8.06. The van der Waals surface area contributed by atoms with Gasteiger partial charge in [-0.25, -0.2) is 9.78 Å². The summed E-state index contributed by atoms with van der Waals surface area (Å²) in [6.45, 7) is 0. The first-order valence-corrected chi connectivity index (χ1v) is 3.94. The van der Waals surface area contributed by atoms with Crippen LogP contribution in [-0.4, -0.2) is 23.2 Å². The summed E-state index contributed by atoms with van der Waals surface area (Å²) in [6, 6.07) is 0. The summed E-state index contributed by atoms with van der Waals surface area (Å²) >= 11 is 11.2. The van der Waals surface area contributed by atoms with Crippen molar-refractivity contribution in [1.82, 2.24) is 4.98 Å². The van der Waals surface area contributed by atoms with Crippen LogP contribution in [0.2, 0.25) is 10.2 Å². The van der Waals surface area contributed by atoms with E-state index >= 15 is 0 Å². The highest BCUT2D eigenvalue weighted by atomic mass is 35.5. The van der Waals surface area contributed by atoms with Crippen molar-refractivity contribution >= 4 is 29.2 Å². The lowest BCUT2D eigenvalue weighted by atomic mass is 10.2. The number of ether oxygens (including phenoxy) is 1. The van der Waals surface area contributed by atoms with Gasteiger partial charge in [0.05, 0.1) is 13.3 Å². The zero-order chi connectivity index (χ0) is 10.0. The highest BCUT2D eigenvalue weighted by molar-refractivity contribution is 6.35. The summed E-state index contributed by atoms with van der Waals surface area (Å²) in [6.07, 6.45) is 1.23. The molecular weight excluding hydrogens is 217 g/mol. The van der Waals surface area contributed by atoms with E-state index in [0.717, 1.165) is 0 Å². The van der Waals surface area contributed by atoms with Crippen LogP contribution in [0.1, 0.15) is 10.4 Å². The minimum atomic E-state index is -1.23. The number of aromatic carboxylic acids is 1. The molecule has 0 aliphatic rings. The third-order valence-electron chi connectivity index (χ3n) is 1.36. The van der Waals surface area contributed by atoms with Crippen LogP contribution in [0, 0.1) is 0 Å². The standard InChI is InChI=1S/C7H5Cl2NO3/c1-13-5-3(8)2-10-6(9)4(5)7(11)12/h2H,1H3,(H,11,12). The molecule has 0 saturated heterocycles. The van der Waals surface area contributed by atoms with E-state index in [2.05, 4.69) is 4.98 Å². The van der Waals surface area contributed by atoms with Gasteiger partial charge in [0, 0.05) is 0 Å². The minimum absolute atomic E-state index is 0.0224. The molecule has 6 heteroatoms. The van der Waals surface area contributed by atoms with E-state index in [9.17, 15) is 4.79 Å². The van der Waals surface area contributed by atoms with Crippen LogP contribution >= 0.6 is 23.2 Å². The summed E-state index contributed by atoms with van der Waals surface area (Å²) in [4.78, 5) is 14.3. The zero-order valence-electron chi connectivity index (χ0n) is 6.54. The highest BCUT2D eigenvalue weighted by Gasteiger charge is 2.19. The number of pyridine rings is 1. The number of hydrogen-bond acceptors (Lipinski definition) is 3. The molecule has 0 spiro atoms. The monoisotopic (exact) mass is 221 g/mol. The molecule has 0 aliphatic heterocycles. The average molecular weight is 222 g/mol. The lowest BCUT2D eigenvalue weighted by molar-refractivity contribution is 0.0693. The molecule has 0 unspecified atom stereocenters. The van der Waals surface area contributed by atoms with Crippen molar-refractivity contribution in [2.75, 3.05) is 7.11 Å². The molecule has 1 rings (SSSR count). The fraction of sp³-hybridized carbons (Fsp3) is 0.143. The summed E-state index contributed by atoms with van der Waals surface area (Å²) in [5, 5.41) is 8.71. The highest BCUT2D eigenvalue weighted by Crippen LogP contribution is 2.31. The summed E-state index contributed by atoms with van der Waals surface area (Å²) in [7, 11) is 1.31. The molecule has 0 bridgehead atoms. The van der Waals surface area contributed by atoms with Crippen molar-refractivity contribution in [3.63, 3.8) is 0 Å². The number of nitrogens with zero attached hydrogens (tertiary/aromatic N) is 1. The lowest BCUT2D eigenvalue weighted by Gasteiger charge is -2.06. The number of carbonyl (C=O) groups is 1. The molecule has 1 aromatic rings. The largest absolute Gasteiger partial charge is 0.494 e. The smallest absolute Gasteiger partial charge is 0.342 e. The molecule has 4 nitrogen and oxygen atoms in total. The van der Waals surface area contributed by atoms with Crippen LogP contribution < -0.4 is 4.74 Å². The van der Waals surface area contributed by atoms with E-state index in [-0.39, 0.29) is 21.5 Å². The molecule has 1 heterocycles. The second kappa shape index (κ2) is 3.81. The molecule has 1 N–H and O–H groups in total. The Labute approximate surface area is 84.1 Å². The number of carboxylic acids is 1. The third-order valence-corrected chi connectivity index (χ3v) is 1.92. The molecule has 0 aliphatic carbocycles. The molecule has 13 heavy (non-hydrogen) atoms. The number of aromatic nitrogens is 1. The molecular formula is C7H5Cl2NO3. The first-order chi connectivity index (χ1) is 6.07. The van der Waals surface area contributed by atoms with E-state index in [0.29, 0.717) is 0 Å². The first kappa shape index (κ1) is 10.1. The van der Waals surface area contributed by atoms with Crippen LogP contribution in [0.25, 0.3) is 0 Å². The van der Waals surface area contributed by atoms with Gasteiger partial charge in [0.1, 0.15) is 15.7 Å². The van der Waals surface area contributed by atoms with E-state index in [1.54, 1.807) is 0 Å². The summed E-state index contributed by atoms with van der Waals surface area (Å²) in [5.74, 6) is -1.20. The first-order valence-electron chi connectivity index (χ1n) is 3.19. The number of rotatable bonds is 2. The molecule has 0 radical (unpaired) electrons. The van der Waals surface area contributed by atoms with Gasteiger partial charge in [0.25, 0.3) is 0 Å². The van der Waals surface area contributed by atoms with Gasteiger partial charge in [-0.1, -0.05) is 23.2 Å². The molecule has 0 aromatic carbocycles. The number of halogens is 2. The van der Waals surface area contributed by atoms with Crippen LogP contribution in [0.4, 0.5) is 0 Å². The molecule has 0 atom stereocenters. The maximum Gasteiger partial charge on any atom is 0.342 e. The van der Waals surface area contributed by atoms with Gasteiger partial charge >= 0.3 is 5.97 Å². The van der Waals surface area contributed by atoms with Crippen LogP contribution in [0.5, 0.6) is 5.75 Å². The maximum atomic E-state index is 10.7. The van der Waals surface area contributed by atoms with Gasteiger partial charge in [0.2, 0.25) is 0 Å². The fourth-order valence-corrected chi connectivity index (χ4v) is 1.27. The molecule has 70 valence electrons. The Kier molecular flexibility index (Phi) is 2.95. The second-order valence-corrected chi connectivity index (χ2v) is 2.88. The van der Waals surface area contributed by atoms with Gasteiger partial charge in [-0.3, -0.25) is 0 Å². The SMILES string of the molecule is COc1c(Cl)cnc(Cl)c1C(=O)O. The van der Waals surface area contributed by atoms with Crippen molar-refractivity contribution in [3.8, 4) is 5.75 Å².